The lowest BCUT2D eigenvalue weighted by Gasteiger charge is -2.12. The second-order valence-corrected chi connectivity index (χ2v) is 3.90. The number of imidazole rings is 1. The number of aromatic nitrogens is 2. The molecule has 2 aromatic rings. The van der Waals surface area contributed by atoms with Gasteiger partial charge in [-0.2, -0.15) is 0 Å². The Bertz CT molecular complexity index is 592. The van der Waals surface area contributed by atoms with Crippen molar-refractivity contribution in [3.63, 3.8) is 0 Å². The third-order valence-electron chi connectivity index (χ3n) is 2.69. The minimum absolute atomic E-state index is 0.0832. The van der Waals surface area contributed by atoms with E-state index in [4.69, 9.17) is 10.5 Å². The number of methoxy groups -OCH3 is 1. The minimum atomic E-state index is -0.709. The number of hydrogen-bond donors (Lipinski definition) is 2. The summed E-state index contributed by atoms with van der Waals surface area (Å²) in [6.07, 6.45) is 1.37. The van der Waals surface area contributed by atoms with Crippen molar-refractivity contribution in [2.24, 2.45) is 5.73 Å². The van der Waals surface area contributed by atoms with Crippen LogP contribution in [0.15, 0.2) is 36.5 Å². The molecule has 1 aromatic carbocycles. The molecule has 2 rings (SSSR count). The molecule has 0 saturated heterocycles. The fraction of sp³-hybridized carbons (Fsp3) is 0.154. The highest BCUT2D eigenvalue weighted by molar-refractivity contribution is 5.91. The number of nitrogens with two attached hydrogens (primary N) is 1. The largest absolute Gasteiger partial charge is 0.468 e. The second kappa shape index (κ2) is 5.34. The van der Waals surface area contributed by atoms with Crippen molar-refractivity contribution in [2.45, 2.75) is 5.92 Å². The van der Waals surface area contributed by atoms with E-state index in [0.29, 0.717) is 5.82 Å². The molecular formula is C13H13N3O3. The van der Waals surface area contributed by atoms with Crippen molar-refractivity contribution in [2.75, 3.05) is 7.11 Å². The maximum absolute atomic E-state index is 11.9. The van der Waals surface area contributed by atoms with E-state index in [1.54, 1.807) is 12.1 Å². The summed E-state index contributed by atoms with van der Waals surface area (Å²) < 4.78 is 4.78. The molecule has 1 unspecified atom stereocenters. The molecule has 0 spiro atoms. The lowest BCUT2D eigenvalue weighted by atomic mass is 9.99. The molecule has 0 saturated carbocycles. The van der Waals surface area contributed by atoms with E-state index in [0.717, 1.165) is 5.56 Å². The van der Waals surface area contributed by atoms with Crippen LogP contribution in [0.1, 0.15) is 27.8 Å². The van der Waals surface area contributed by atoms with E-state index in [9.17, 15) is 9.59 Å². The first-order valence-electron chi connectivity index (χ1n) is 5.61. The van der Waals surface area contributed by atoms with Gasteiger partial charge in [-0.15, -0.1) is 0 Å². The van der Waals surface area contributed by atoms with Gasteiger partial charge in [-0.05, 0) is 5.56 Å². The standard InChI is InChI=1S/C13H13N3O3/c1-19-13(18)10(8-5-3-2-4-6-8)12-15-7-9(16-12)11(14)17/h2-7,10H,1H3,(H2,14,17)(H,15,16). The van der Waals surface area contributed by atoms with Gasteiger partial charge >= 0.3 is 5.97 Å². The highest BCUT2D eigenvalue weighted by Crippen LogP contribution is 2.23. The fourth-order valence-electron chi connectivity index (χ4n) is 1.78. The first-order chi connectivity index (χ1) is 9.13. The molecule has 0 radical (unpaired) electrons. The average Bonchev–Trinajstić information content (AvgIpc) is 2.89. The van der Waals surface area contributed by atoms with Crippen LogP contribution in [0, 0.1) is 0 Å². The Balaban J connectivity index is 2.43. The first-order valence-corrected chi connectivity index (χ1v) is 5.61. The van der Waals surface area contributed by atoms with E-state index in [2.05, 4.69) is 9.97 Å². The molecule has 0 fully saturated rings. The van der Waals surface area contributed by atoms with Gasteiger partial charge in [-0.25, -0.2) is 4.98 Å². The van der Waals surface area contributed by atoms with Crippen molar-refractivity contribution in [3.05, 3.63) is 53.6 Å². The van der Waals surface area contributed by atoms with E-state index < -0.39 is 17.8 Å². The molecular weight excluding hydrogens is 246 g/mol. The monoisotopic (exact) mass is 259 g/mol. The number of carbonyl (C=O) groups excluding carboxylic acids is 2. The Hall–Kier alpha value is -2.63. The average molecular weight is 259 g/mol. The zero-order valence-electron chi connectivity index (χ0n) is 10.3. The number of hydrogen-bond acceptors (Lipinski definition) is 4. The van der Waals surface area contributed by atoms with Crippen molar-refractivity contribution in [3.8, 4) is 0 Å². The quantitative estimate of drug-likeness (QED) is 0.794. The van der Waals surface area contributed by atoms with Crippen LogP contribution in [0.2, 0.25) is 0 Å². The number of esters is 1. The van der Waals surface area contributed by atoms with Gasteiger partial charge < -0.3 is 15.5 Å². The van der Waals surface area contributed by atoms with Gasteiger partial charge in [-0.1, -0.05) is 30.3 Å². The molecule has 1 amide bonds. The van der Waals surface area contributed by atoms with Crippen molar-refractivity contribution in [1.82, 2.24) is 9.97 Å². The lowest BCUT2D eigenvalue weighted by Crippen LogP contribution is -2.18. The summed E-state index contributed by atoms with van der Waals surface area (Å²) in [7, 11) is 1.30. The molecule has 98 valence electrons. The highest BCUT2D eigenvalue weighted by atomic mass is 16.5. The zero-order valence-corrected chi connectivity index (χ0v) is 10.3. The summed E-state index contributed by atoms with van der Waals surface area (Å²) in [5, 5.41) is 0. The number of rotatable bonds is 4. The van der Waals surface area contributed by atoms with E-state index >= 15 is 0 Å². The van der Waals surface area contributed by atoms with Crippen LogP contribution in [0.5, 0.6) is 0 Å². The Kier molecular flexibility index (Phi) is 3.61. The van der Waals surface area contributed by atoms with Crippen LogP contribution in [-0.2, 0) is 9.53 Å². The predicted octanol–water partition coefficient (Wildman–Crippen LogP) is 0.814. The second-order valence-electron chi connectivity index (χ2n) is 3.90. The Morgan fingerprint density at radius 3 is 2.53 bits per heavy atom. The lowest BCUT2D eigenvalue weighted by molar-refractivity contribution is -0.141. The molecule has 19 heavy (non-hydrogen) atoms. The Labute approximate surface area is 109 Å². The van der Waals surface area contributed by atoms with Gasteiger partial charge in [0.2, 0.25) is 0 Å². The number of carbonyl (C=O) groups is 2. The highest BCUT2D eigenvalue weighted by Gasteiger charge is 2.27. The van der Waals surface area contributed by atoms with E-state index in [1.165, 1.54) is 13.3 Å². The van der Waals surface area contributed by atoms with Crippen LogP contribution < -0.4 is 5.73 Å². The molecule has 1 atom stereocenters. The minimum Gasteiger partial charge on any atom is -0.468 e. The van der Waals surface area contributed by atoms with Crippen molar-refractivity contribution in [1.29, 1.82) is 0 Å². The Morgan fingerprint density at radius 2 is 2.00 bits per heavy atom. The summed E-state index contributed by atoms with van der Waals surface area (Å²) in [6.45, 7) is 0. The molecule has 0 aliphatic heterocycles. The number of aromatic amines is 1. The number of ether oxygens (including phenoxy) is 1. The molecule has 6 heteroatoms. The van der Waals surface area contributed by atoms with Crippen LogP contribution in [0.3, 0.4) is 0 Å². The van der Waals surface area contributed by atoms with Gasteiger partial charge in [0.15, 0.2) is 0 Å². The molecule has 0 aliphatic carbocycles. The number of nitrogens with zero attached hydrogens (tertiary/aromatic N) is 1. The fourth-order valence-corrected chi connectivity index (χ4v) is 1.78. The Morgan fingerprint density at radius 1 is 1.32 bits per heavy atom. The number of nitrogens with one attached hydrogen (secondary N) is 1. The van der Waals surface area contributed by atoms with Crippen molar-refractivity contribution >= 4 is 11.9 Å². The third-order valence-corrected chi connectivity index (χ3v) is 2.69. The number of benzene rings is 1. The molecule has 6 nitrogen and oxygen atoms in total. The van der Waals surface area contributed by atoms with Gasteiger partial charge in [0.25, 0.3) is 5.91 Å². The number of primary amides is 1. The topological polar surface area (TPSA) is 98.1 Å². The molecule has 0 bridgehead atoms. The van der Waals surface area contributed by atoms with Crippen LogP contribution in [0.25, 0.3) is 0 Å². The van der Waals surface area contributed by atoms with Crippen LogP contribution >= 0.6 is 0 Å². The maximum atomic E-state index is 11.9. The van der Waals surface area contributed by atoms with E-state index in [-0.39, 0.29) is 5.69 Å². The van der Waals surface area contributed by atoms with Gasteiger partial charge in [0.05, 0.1) is 7.11 Å². The number of H-pyrrole nitrogens is 1. The van der Waals surface area contributed by atoms with Crippen LogP contribution in [-0.4, -0.2) is 29.0 Å². The van der Waals surface area contributed by atoms with Gasteiger partial charge in [-0.3, -0.25) is 9.59 Å². The number of amides is 1. The molecule has 1 aromatic heterocycles. The predicted molar refractivity (Wildman–Crippen MR) is 67.4 cm³/mol. The zero-order chi connectivity index (χ0) is 13.8. The molecule has 1 heterocycles. The third kappa shape index (κ3) is 2.62. The van der Waals surface area contributed by atoms with Crippen LogP contribution in [0.4, 0.5) is 0 Å². The normalized spacial score (nSPS) is 11.8. The molecule has 3 N–H and O–H groups in total. The summed E-state index contributed by atoms with van der Waals surface area (Å²) in [6, 6.07) is 9.03. The SMILES string of the molecule is COC(=O)C(c1ccccc1)c1nc(C(N)=O)c[nH]1. The van der Waals surface area contributed by atoms with Crippen molar-refractivity contribution < 1.29 is 14.3 Å². The van der Waals surface area contributed by atoms with Gasteiger partial charge in [0, 0.05) is 6.20 Å². The summed E-state index contributed by atoms with van der Waals surface area (Å²) >= 11 is 0. The first kappa shape index (κ1) is 12.8. The smallest absolute Gasteiger partial charge is 0.320 e. The van der Waals surface area contributed by atoms with Gasteiger partial charge in [0.1, 0.15) is 17.4 Å². The maximum Gasteiger partial charge on any atom is 0.320 e. The van der Waals surface area contributed by atoms with E-state index in [1.807, 2.05) is 18.2 Å². The summed E-state index contributed by atoms with van der Waals surface area (Å²) in [5.74, 6) is -1.50. The summed E-state index contributed by atoms with van der Waals surface area (Å²) in [5.41, 5.74) is 5.94. The summed E-state index contributed by atoms with van der Waals surface area (Å²) in [4.78, 5) is 29.7. The molecule has 0 aliphatic rings.